The number of esters is 2. The molecule has 390 valence electrons. The van der Waals surface area contributed by atoms with E-state index in [1.165, 1.54) is 83.5 Å². The van der Waals surface area contributed by atoms with E-state index in [1.807, 2.05) is 6.08 Å². The molecule has 0 amide bonds. The number of carbonyl (C=O) groups excluding carboxylic acids is 2. The molecule has 8 atom stereocenters. The molecule has 0 heterocycles. The van der Waals surface area contributed by atoms with E-state index in [1.54, 1.807) is 6.08 Å². The van der Waals surface area contributed by atoms with E-state index in [4.69, 9.17) is 28.3 Å². The maximum atomic E-state index is 12.8. The fraction of sp³-hybridized carbons (Fsp3) is 0.917. The number of carbonyl (C=O) groups is 2. The van der Waals surface area contributed by atoms with E-state index in [-0.39, 0.29) is 31.1 Å². The van der Waals surface area contributed by atoms with Gasteiger partial charge < -0.3 is 44.6 Å². The Labute approximate surface area is 397 Å². The van der Waals surface area contributed by atoms with Crippen molar-refractivity contribution in [3.05, 3.63) is 12.2 Å². The van der Waals surface area contributed by atoms with Gasteiger partial charge in [-0.05, 0) is 37.5 Å². The number of phosphoric acid groups is 2. The van der Waals surface area contributed by atoms with E-state index >= 15 is 0 Å². The Morgan fingerprint density at radius 1 is 0.606 bits per heavy atom. The molecule has 0 saturated heterocycles. The van der Waals surface area contributed by atoms with E-state index in [2.05, 4.69) is 25.3 Å². The van der Waals surface area contributed by atoms with Crippen LogP contribution in [0.2, 0.25) is 0 Å². The highest BCUT2D eigenvalue weighted by Crippen LogP contribution is 2.44. The molecule has 0 aromatic rings. The van der Waals surface area contributed by atoms with Gasteiger partial charge in [-0.3, -0.25) is 23.2 Å². The molecule has 0 radical (unpaired) electrons. The molecule has 0 aromatic carbocycles. The lowest BCUT2D eigenvalue weighted by atomic mass is 9.88. The summed E-state index contributed by atoms with van der Waals surface area (Å²) in [4.78, 5) is 53.1. The minimum Gasteiger partial charge on any atom is -0.462 e. The fourth-order valence-corrected chi connectivity index (χ4v) is 9.43. The van der Waals surface area contributed by atoms with Gasteiger partial charge in [0.05, 0.1) is 38.1 Å². The number of aliphatic hydroxyl groups excluding tert-OH is 4. The summed E-state index contributed by atoms with van der Waals surface area (Å²) in [7, 11) is -9.76. The second-order valence-corrected chi connectivity index (χ2v) is 21.6. The van der Waals surface area contributed by atoms with Crippen LogP contribution in [0.15, 0.2) is 12.2 Å². The molecule has 0 aromatic heterocycles. The Balaban J connectivity index is 2.45. The predicted octanol–water partition coefficient (Wildman–Crippen LogP) is 9.92. The standard InChI is InChI=1S/C48H92O16P2/c1-4-5-22-28-40(49)32-33-44-43(45(51)34-46(44)52)29-24-20-21-26-31-48(54)64-42(38-63-66(58,59)62-36-41(50)35-61-65(55,56)57)37-60-47(53)30-25-19-17-15-13-11-9-7-6-8-10-12-14-16-18-23-27-39(2)3/h32-33,39-46,49-52H,4-31,34-38H2,1-3H3,(H,58,59)(H2,55,56,57)/b33-32+/t40-,41-,42+,43+,44+,45-,46+/m0/s1. The molecular formula is C48H92O16P2. The highest BCUT2D eigenvalue weighted by atomic mass is 31.2. The number of phosphoric ester groups is 2. The third-order valence-electron chi connectivity index (χ3n) is 12.2. The molecule has 1 saturated carbocycles. The van der Waals surface area contributed by atoms with E-state index in [9.17, 15) is 44.0 Å². The van der Waals surface area contributed by atoms with Crippen molar-refractivity contribution in [1.82, 2.24) is 0 Å². The van der Waals surface area contributed by atoms with Crippen molar-refractivity contribution in [2.45, 2.75) is 237 Å². The van der Waals surface area contributed by atoms with Gasteiger partial charge in [0.1, 0.15) is 12.7 Å². The molecule has 1 rings (SSSR count). The molecule has 0 bridgehead atoms. The monoisotopic (exact) mass is 987 g/mol. The van der Waals surface area contributed by atoms with Crippen molar-refractivity contribution in [3.63, 3.8) is 0 Å². The summed E-state index contributed by atoms with van der Waals surface area (Å²) in [5.74, 6) is -0.732. The zero-order chi connectivity index (χ0) is 49.1. The van der Waals surface area contributed by atoms with Gasteiger partial charge in [0.2, 0.25) is 0 Å². The van der Waals surface area contributed by atoms with Crippen LogP contribution < -0.4 is 0 Å². The molecule has 1 fully saturated rings. The van der Waals surface area contributed by atoms with Crippen LogP contribution in [0.1, 0.15) is 207 Å². The zero-order valence-electron chi connectivity index (χ0n) is 40.8. The van der Waals surface area contributed by atoms with E-state index in [0.29, 0.717) is 32.1 Å². The van der Waals surface area contributed by atoms with Gasteiger partial charge in [-0.25, -0.2) is 9.13 Å². The highest BCUT2D eigenvalue weighted by molar-refractivity contribution is 7.47. The van der Waals surface area contributed by atoms with Crippen molar-refractivity contribution in [1.29, 1.82) is 0 Å². The Hall–Kier alpha value is -1.26. The lowest BCUT2D eigenvalue weighted by Crippen LogP contribution is -2.30. The summed E-state index contributed by atoms with van der Waals surface area (Å²) in [5.41, 5.74) is 0. The molecule has 16 nitrogen and oxygen atoms in total. The van der Waals surface area contributed by atoms with Crippen LogP contribution in [0.25, 0.3) is 0 Å². The number of unbranched alkanes of at least 4 members (excludes halogenated alkanes) is 20. The van der Waals surface area contributed by atoms with Gasteiger partial charge in [-0.15, -0.1) is 0 Å². The predicted molar refractivity (Wildman–Crippen MR) is 255 cm³/mol. The smallest absolute Gasteiger partial charge is 0.462 e. The second kappa shape index (κ2) is 38.5. The lowest BCUT2D eigenvalue weighted by molar-refractivity contribution is -0.161. The van der Waals surface area contributed by atoms with Crippen LogP contribution in [0, 0.1) is 17.8 Å². The minimum absolute atomic E-state index is 0.00834. The van der Waals surface area contributed by atoms with Crippen LogP contribution in [-0.2, 0) is 41.8 Å². The van der Waals surface area contributed by atoms with Crippen LogP contribution >= 0.6 is 15.6 Å². The van der Waals surface area contributed by atoms with Gasteiger partial charge in [-0.1, -0.05) is 174 Å². The maximum Gasteiger partial charge on any atom is 0.472 e. The summed E-state index contributed by atoms with van der Waals surface area (Å²) in [6, 6.07) is 0. The van der Waals surface area contributed by atoms with E-state index in [0.717, 1.165) is 57.3 Å². The van der Waals surface area contributed by atoms with Crippen molar-refractivity contribution in [3.8, 4) is 0 Å². The topological polar surface area (TPSA) is 256 Å². The summed E-state index contributed by atoms with van der Waals surface area (Å²) >= 11 is 0. The normalized spacial score (nSPS) is 20.2. The van der Waals surface area contributed by atoms with Gasteiger partial charge >= 0.3 is 27.6 Å². The molecule has 1 aliphatic carbocycles. The Bertz CT molecular complexity index is 1350. The molecule has 0 aliphatic heterocycles. The Morgan fingerprint density at radius 3 is 1.64 bits per heavy atom. The molecule has 1 unspecified atom stereocenters. The Kier molecular flexibility index (Phi) is 36.6. The molecular weight excluding hydrogens is 894 g/mol. The zero-order valence-corrected chi connectivity index (χ0v) is 42.6. The third kappa shape index (κ3) is 35.8. The largest absolute Gasteiger partial charge is 0.472 e. The average molecular weight is 987 g/mol. The molecule has 0 spiro atoms. The van der Waals surface area contributed by atoms with Gasteiger partial charge in [0, 0.05) is 25.2 Å². The third-order valence-corrected chi connectivity index (χ3v) is 13.6. The number of rotatable bonds is 44. The van der Waals surface area contributed by atoms with Crippen molar-refractivity contribution in [2.24, 2.45) is 17.8 Å². The average Bonchev–Trinajstić information content (AvgIpc) is 3.53. The first-order chi connectivity index (χ1) is 31.4. The highest BCUT2D eigenvalue weighted by Gasteiger charge is 2.39. The number of hydrogen-bond acceptors (Lipinski definition) is 13. The first-order valence-corrected chi connectivity index (χ1v) is 28.5. The maximum absolute atomic E-state index is 12.8. The first kappa shape index (κ1) is 62.8. The quantitative estimate of drug-likeness (QED) is 0.0130. The summed E-state index contributed by atoms with van der Waals surface area (Å²) in [6.45, 7) is 3.80. The van der Waals surface area contributed by atoms with Gasteiger partial charge in [0.15, 0.2) is 6.10 Å². The Morgan fingerprint density at radius 2 is 1.09 bits per heavy atom. The van der Waals surface area contributed by atoms with Crippen LogP contribution in [0.4, 0.5) is 0 Å². The number of aliphatic hydroxyl groups is 4. The van der Waals surface area contributed by atoms with Crippen molar-refractivity contribution >= 4 is 27.6 Å². The molecule has 18 heteroatoms. The van der Waals surface area contributed by atoms with Gasteiger partial charge in [-0.2, -0.15) is 0 Å². The second-order valence-electron chi connectivity index (χ2n) is 18.9. The minimum atomic E-state index is -4.89. The first-order valence-electron chi connectivity index (χ1n) is 25.5. The number of ether oxygens (including phenoxy) is 2. The molecule has 1 aliphatic rings. The SMILES string of the molecule is CCCCC[C@H](O)/C=C/[C@@H]1[C@@H](CCCCCCC(=O)O[C@H](COC(=O)CCCCCCCCCCCCCCCCCCC(C)C)COP(=O)(O)OC[C@@H](O)COP(=O)(O)O)[C@@H](O)C[C@H]1O. The van der Waals surface area contributed by atoms with Crippen LogP contribution in [-0.4, -0.2) is 104 Å². The van der Waals surface area contributed by atoms with Crippen molar-refractivity contribution < 1.29 is 76.9 Å². The molecule has 66 heavy (non-hydrogen) atoms. The van der Waals surface area contributed by atoms with Crippen LogP contribution in [0.3, 0.4) is 0 Å². The fourth-order valence-electron chi connectivity index (χ4n) is 8.28. The van der Waals surface area contributed by atoms with Gasteiger partial charge in [0.25, 0.3) is 0 Å². The van der Waals surface area contributed by atoms with Crippen molar-refractivity contribution in [2.75, 3.05) is 26.4 Å². The summed E-state index contributed by atoms with van der Waals surface area (Å²) in [6.07, 6.45) is 26.9. The lowest BCUT2D eigenvalue weighted by Gasteiger charge is -2.21. The van der Waals surface area contributed by atoms with Crippen LogP contribution in [0.5, 0.6) is 0 Å². The summed E-state index contributed by atoms with van der Waals surface area (Å²) < 4.78 is 48.0. The number of hydrogen-bond donors (Lipinski definition) is 7. The molecule has 7 N–H and O–H groups in total. The summed E-state index contributed by atoms with van der Waals surface area (Å²) in [5, 5.41) is 41.3. The van der Waals surface area contributed by atoms with E-state index < -0.39 is 84.5 Å².